The summed E-state index contributed by atoms with van der Waals surface area (Å²) in [6.07, 6.45) is 4.59. The molecular formula is C20H31N3O3. The summed E-state index contributed by atoms with van der Waals surface area (Å²) >= 11 is 0. The summed E-state index contributed by atoms with van der Waals surface area (Å²) in [6.45, 7) is 11.1. The minimum Gasteiger partial charge on any atom is -0.361 e. The number of nitrogens with zero attached hydrogens (tertiary/aromatic N) is 3. The van der Waals surface area contributed by atoms with Crippen LogP contribution in [0.25, 0.3) is 0 Å². The van der Waals surface area contributed by atoms with E-state index >= 15 is 0 Å². The standard InChI is InChI=1S/C20H31N3O3/c1-14(2)7-11-22-12-20(9-6-17(22)24)8-5-10-23(13-20)19(25)18-15(3)21-26-16(18)4/h14H,5-13H2,1-4H3/t20-/m1/s1. The van der Waals surface area contributed by atoms with Gasteiger partial charge in [0.1, 0.15) is 11.3 Å². The number of aromatic nitrogens is 1. The minimum absolute atomic E-state index is 0.0194. The Labute approximate surface area is 155 Å². The number of rotatable bonds is 4. The van der Waals surface area contributed by atoms with E-state index in [0.29, 0.717) is 29.4 Å². The summed E-state index contributed by atoms with van der Waals surface area (Å²) in [7, 11) is 0. The third-order valence-corrected chi connectivity index (χ3v) is 5.92. The molecule has 6 heteroatoms. The maximum atomic E-state index is 13.0. The first-order chi connectivity index (χ1) is 12.3. The predicted molar refractivity (Wildman–Crippen MR) is 98.8 cm³/mol. The molecule has 2 amide bonds. The van der Waals surface area contributed by atoms with E-state index in [1.165, 1.54) is 0 Å². The minimum atomic E-state index is 0.0194. The average molecular weight is 361 g/mol. The van der Waals surface area contributed by atoms with Crippen LogP contribution >= 0.6 is 0 Å². The molecular weight excluding hydrogens is 330 g/mol. The number of hydrogen-bond acceptors (Lipinski definition) is 4. The molecule has 0 aromatic carbocycles. The van der Waals surface area contributed by atoms with Crippen molar-refractivity contribution in [3.63, 3.8) is 0 Å². The Morgan fingerprint density at radius 2 is 2.04 bits per heavy atom. The highest BCUT2D eigenvalue weighted by atomic mass is 16.5. The highest BCUT2D eigenvalue weighted by molar-refractivity contribution is 5.96. The maximum absolute atomic E-state index is 13.0. The van der Waals surface area contributed by atoms with Crippen LogP contribution in [0.4, 0.5) is 0 Å². The molecule has 0 aliphatic carbocycles. The van der Waals surface area contributed by atoms with E-state index in [4.69, 9.17) is 4.52 Å². The van der Waals surface area contributed by atoms with Crippen LogP contribution in [0.5, 0.6) is 0 Å². The Morgan fingerprint density at radius 3 is 2.69 bits per heavy atom. The summed E-state index contributed by atoms with van der Waals surface area (Å²) in [5.74, 6) is 1.46. The van der Waals surface area contributed by atoms with Gasteiger partial charge in [0.25, 0.3) is 5.91 Å². The number of likely N-dealkylation sites (tertiary alicyclic amines) is 2. The summed E-state index contributed by atoms with van der Waals surface area (Å²) in [5, 5.41) is 3.92. The fourth-order valence-electron chi connectivity index (χ4n) is 4.38. The van der Waals surface area contributed by atoms with Crippen molar-refractivity contribution in [3.8, 4) is 0 Å². The first kappa shape index (κ1) is 18.9. The van der Waals surface area contributed by atoms with Crippen LogP contribution in [0.15, 0.2) is 4.52 Å². The maximum Gasteiger partial charge on any atom is 0.259 e. The van der Waals surface area contributed by atoms with E-state index in [1.807, 2.05) is 16.7 Å². The molecule has 2 aliphatic heterocycles. The van der Waals surface area contributed by atoms with E-state index in [2.05, 4.69) is 19.0 Å². The van der Waals surface area contributed by atoms with E-state index < -0.39 is 0 Å². The number of hydrogen-bond donors (Lipinski definition) is 0. The number of carbonyl (C=O) groups excluding carboxylic acids is 2. The Hall–Kier alpha value is -1.85. The van der Waals surface area contributed by atoms with E-state index in [-0.39, 0.29) is 17.2 Å². The lowest BCUT2D eigenvalue weighted by molar-refractivity contribution is -0.139. The molecule has 2 aliphatic rings. The van der Waals surface area contributed by atoms with Gasteiger partial charge >= 0.3 is 0 Å². The van der Waals surface area contributed by atoms with Crippen LogP contribution in [0.2, 0.25) is 0 Å². The van der Waals surface area contributed by atoms with Crippen molar-refractivity contribution in [1.29, 1.82) is 0 Å². The fraction of sp³-hybridized carbons (Fsp3) is 0.750. The van der Waals surface area contributed by atoms with Crippen molar-refractivity contribution >= 4 is 11.8 Å². The Bertz CT molecular complexity index is 662. The third kappa shape index (κ3) is 3.79. The first-order valence-electron chi connectivity index (χ1n) is 9.81. The Balaban J connectivity index is 1.72. The van der Waals surface area contributed by atoms with Crippen molar-refractivity contribution in [3.05, 3.63) is 17.0 Å². The smallest absolute Gasteiger partial charge is 0.259 e. The van der Waals surface area contributed by atoms with Gasteiger partial charge in [-0.25, -0.2) is 0 Å². The van der Waals surface area contributed by atoms with Crippen LogP contribution in [0.3, 0.4) is 0 Å². The van der Waals surface area contributed by atoms with Crippen molar-refractivity contribution < 1.29 is 14.1 Å². The predicted octanol–water partition coefficient (Wildman–Crippen LogP) is 3.18. The fourth-order valence-corrected chi connectivity index (χ4v) is 4.38. The Kier molecular flexibility index (Phi) is 5.39. The van der Waals surface area contributed by atoms with Gasteiger partial charge in [-0.05, 0) is 45.4 Å². The van der Waals surface area contributed by atoms with Crippen LogP contribution in [0, 0.1) is 25.2 Å². The largest absolute Gasteiger partial charge is 0.361 e. The van der Waals surface area contributed by atoms with Gasteiger partial charge < -0.3 is 14.3 Å². The first-order valence-corrected chi connectivity index (χ1v) is 9.81. The summed E-state index contributed by atoms with van der Waals surface area (Å²) in [4.78, 5) is 29.4. The molecule has 1 aromatic heterocycles. The zero-order valence-corrected chi connectivity index (χ0v) is 16.5. The molecule has 3 rings (SSSR count). The zero-order chi connectivity index (χ0) is 18.9. The van der Waals surface area contributed by atoms with Gasteiger partial charge in [0.2, 0.25) is 5.91 Å². The molecule has 144 valence electrons. The SMILES string of the molecule is Cc1noc(C)c1C(=O)N1CCC[C@]2(CCC(=O)N(CCC(C)C)C2)C1. The van der Waals surface area contributed by atoms with Crippen molar-refractivity contribution in [2.45, 2.75) is 59.8 Å². The summed E-state index contributed by atoms with van der Waals surface area (Å²) in [6, 6.07) is 0. The molecule has 0 bridgehead atoms. The van der Waals surface area contributed by atoms with E-state index in [1.54, 1.807) is 6.92 Å². The lowest BCUT2D eigenvalue weighted by atomic mass is 9.73. The van der Waals surface area contributed by atoms with Gasteiger partial charge in [0.05, 0.1) is 5.69 Å². The molecule has 0 saturated carbocycles. The van der Waals surface area contributed by atoms with Crippen molar-refractivity contribution in [2.24, 2.45) is 11.3 Å². The summed E-state index contributed by atoms with van der Waals surface area (Å²) in [5.41, 5.74) is 1.30. The Morgan fingerprint density at radius 1 is 1.27 bits per heavy atom. The molecule has 1 atom stereocenters. The van der Waals surface area contributed by atoms with Gasteiger partial charge in [-0.1, -0.05) is 19.0 Å². The average Bonchev–Trinajstić information content (AvgIpc) is 2.94. The number of amides is 2. The molecule has 6 nitrogen and oxygen atoms in total. The van der Waals surface area contributed by atoms with E-state index in [0.717, 1.165) is 51.9 Å². The quantitative estimate of drug-likeness (QED) is 0.826. The number of carbonyl (C=O) groups is 2. The molecule has 0 N–H and O–H groups in total. The molecule has 1 spiro atoms. The molecule has 0 unspecified atom stereocenters. The van der Waals surface area contributed by atoms with Gasteiger partial charge in [-0.3, -0.25) is 9.59 Å². The second-order valence-corrected chi connectivity index (χ2v) is 8.53. The molecule has 2 saturated heterocycles. The zero-order valence-electron chi connectivity index (χ0n) is 16.5. The second kappa shape index (κ2) is 7.41. The molecule has 26 heavy (non-hydrogen) atoms. The summed E-state index contributed by atoms with van der Waals surface area (Å²) < 4.78 is 5.18. The molecule has 1 aromatic rings. The van der Waals surface area contributed by atoms with Crippen molar-refractivity contribution in [2.75, 3.05) is 26.2 Å². The molecule has 2 fully saturated rings. The number of aryl methyl sites for hydroxylation is 2. The van der Waals surface area contributed by atoms with Gasteiger partial charge in [-0.2, -0.15) is 0 Å². The normalized spacial score (nSPS) is 24.0. The monoisotopic (exact) mass is 361 g/mol. The lowest BCUT2D eigenvalue weighted by Gasteiger charge is -2.48. The van der Waals surface area contributed by atoms with Gasteiger partial charge in [0.15, 0.2) is 0 Å². The van der Waals surface area contributed by atoms with Gasteiger partial charge in [-0.15, -0.1) is 0 Å². The van der Waals surface area contributed by atoms with E-state index in [9.17, 15) is 9.59 Å². The van der Waals surface area contributed by atoms with Crippen LogP contribution in [-0.2, 0) is 4.79 Å². The topological polar surface area (TPSA) is 66.7 Å². The highest BCUT2D eigenvalue weighted by Gasteiger charge is 2.43. The third-order valence-electron chi connectivity index (χ3n) is 5.92. The number of piperidine rings is 2. The molecule has 3 heterocycles. The highest BCUT2D eigenvalue weighted by Crippen LogP contribution is 2.39. The van der Waals surface area contributed by atoms with Crippen molar-refractivity contribution in [1.82, 2.24) is 15.0 Å². The lowest BCUT2D eigenvalue weighted by Crippen LogP contribution is -2.55. The van der Waals surface area contributed by atoms with Crippen LogP contribution in [0.1, 0.15) is 67.8 Å². The molecule has 0 radical (unpaired) electrons. The van der Waals surface area contributed by atoms with Crippen LogP contribution in [-0.4, -0.2) is 52.9 Å². The van der Waals surface area contributed by atoms with Crippen LogP contribution < -0.4 is 0 Å². The van der Waals surface area contributed by atoms with Gasteiger partial charge in [0, 0.05) is 38.0 Å². The second-order valence-electron chi connectivity index (χ2n) is 8.53.